The molecule has 2 atom stereocenters. The monoisotopic (exact) mass is 299 g/mol. The van der Waals surface area contributed by atoms with Gasteiger partial charge in [-0.25, -0.2) is 0 Å². The Morgan fingerprint density at radius 1 is 1.36 bits per heavy atom. The molecule has 1 unspecified atom stereocenters. The molecule has 0 aromatic heterocycles. The van der Waals surface area contributed by atoms with Crippen LogP contribution in [0.1, 0.15) is 31.7 Å². The van der Waals surface area contributed by atoms with Crippen molar-refractivity contribution in [3.05, 3.63) is 48.1 Å². The molecular weight excluding hydrogens is 274 g/mol. The molecule has 0 radical (unpaired) electrons. The van der Waals surface area contributed by atoms with E-state index in [2.05, 4.69) is 42.6 Å². The molecule has 0 saturated carbocycles. The van der Waals surface area contributed by atoms with Crippen LogP contribution in [0.2, 0.25) is 0 Å². The molecule has 118 valence electrons. The number of hydrogen-bond acceptors (Lipinski definition) is 3. The molecule has 1 aliphatic heterocycles. The predicted octanol–water partition coefficient (Wildman–Crippen LogP) is 3.64. The number of rotatable bonds is 5. The topological polar surface area (TPSA) is 30.5 Å². The molecule has 1 aromatic carbocycles. The van der Waals surface area contributed by atoms with Crippen molar-refractivity contribution in [2.24, 2.45) is 0 Å². The van der Waals surface area contributed by atoms with Gasteiger partial charge in [0, 0.05) is 12.1 Å². The van der Waals surface area contributed by atoms with Crippen LogP contribution in [-0.2, 0) is 6.42 Å². The lowest BCUT2D eigenvalue weighted by atomic mass is 9.88. The molecular formula is C19H25NO2. The van der Waals surface area contributed by atoms with Gasteiger partial charge in [0.05, 0.1) is 7.11 Å². The van der Waals surface area contributed by atoms with E-state index in [1.165, 1.54) is 5.56 Å². The Bertz CT molecular complexity index is 565. The number of nitrogens with one attached hydrogen (secondary N) is 1. The zero-order valence-electron chi connectivity index (χ0n) is 13.5. The minimum absolute atomic E-state index is 0.0825. The summed E-state index contributed by atoms with van der Waals surface area (Å²) in [6, 6.07) is 6.13. The number of ether oxygens (including phenoxy) is 2. The van der Waals surface area contributed by atoms with Crippen molar-refractivity contribution in [2.45, 2.75) is 44.2 Å². The molecule has 1 heterocycles. The molecule has 2 aliphatic rings. The van der Waals surface area contributed by atoms with Gasteiger partial charge in [-0.15, -0.1) is 0 Å². The Labute approximate surface area is 133 Å². The number of hydrogen-bond donors (Lipinski definition) is 1. The van der Waals surface area contributed by atoms with Crippen LogP contribution < -0.4 is 14.8 Å². The van der Waals surface area contributed by atoms with Crippen molar-refractivity contribution in [1.29, 1.82) is 0 Å². The van der Waals surface area contributed by atoms with E-state index in [9.17, 15) is 0 Å². The van der Waals surface area contributed by atoms with Crippen LogP contribution in [0.15, 0.2) is 42.5 Å². The Kier molecular flexibility index (Phi) is 4.53. The largest absolute Gasteiger partial charge is 0.493 e. The van der Waals surface area contributed by atoms with Crippen molar-refractivity contribution in [3.63, 3.8) is 0 Å². The van der Waals surface area contributed by atoms with Crippen molar-refractivity contribution in [2.75, 3.05) is 13.7 Å². The lowest BCUT2D eigenvalue weighted by Gasteiger charge is -2.35. The van der Waals surface area contributed by atoms with Gasteiger partial charge in [0.1, 0.15) is 6.10 Å². The van der Waals surface area contributed by atoms with Gasteiger partial charge in [-0.1, -0.05) is 43.4 Å². The maximum absolute atomic E-state index is 6.20. The average molecular weight is 299 g/mol. The van der Waals surface area contributed by atoms with E-state index in [-0.39, 0.29) is 11.6 Å². The van der Waals surface area contributed by atoms with E-state index in [0.717, 1.165) is 43.7 Å². The van der Waals surface area contributed by atoms with Gasteiger partial charge in [-0.3, -0.25) is 0 Å². The van der Waals surface area contributed by atoms with Gasteiger partial charge >= 0.3 is 0 Å². The Hall–Kier alpha value is -1.74. The number of methoxy groups -OCH3 is 1. The van der Waals surface area contributed by atoms with E-state index in [4.69, 9.17) is 9.47 Å². The smallest absolute Gasteiger partial charge is 0.164 e. The molecule has 0 saturated heterocycles. The summed E-state index contributed by atoms with van der Waals surface area (Å²) in [7, 11) is 1.70. The van der Waals surface area contributed by atoms with Crippen LogP contribution in [0.3, 0.4) is 0 Å². The van der Waals surface area contributed by atoms with Crippen molar-refractivity contribution in [3.8, 4) is 11.5 Å². The van der Waals surface area contributed by atoms with Crippen LogP contribution >= 0.6 is 0 Å². The Morgan fingerprint density at radius 3 is 3.00 bits per heavy atom. The fourth-order valence-electron chi connectivity index (χ4n) is 3.24. The number of para-hydroxylation sites is 1. The van der Waals surface area contributed by atoms with E-state index < -0.39 is 0 Å². The minimum atomic E-state index is 0.0825. The van der Waals surface area contributed by atoms with Crippen LogP contribution in [0.25, 0.3) is 0 Å². The summed E-state index contributed by atoms with van der Waals surface area (Å²) < 4.78 is 11.6. The van der Waals surface area contributed by atoms with Crippen molar-refractivity contribution in [1.82, 2.24) is 5.32 Å². The highest BCUT2D eigenvalue weighted by molar-refractivity contribution is 5.47. The van der Waals surface area contributed by atoms with Crippen LogP contribution in [0.4, 0.5) is 0 Å². The highest BCUT2D eigenvalue weighted by Crippen LogP contribution is 2.36. The third-order valence-electron chi connectivity index (χ3n) is 4.76. The van der Waals surface area contributed by atoms with Gasteiger partial charge < -0.3 is 14.8 Å². The second-order valence-electron chi connectivity index (χ2n) is 6.11. The van der Waals surface area contributed by atoms with Crippen LogP contribution in [-0.4, -0.2) is 25.3 Å². The average Bonchev–Trinajstić information content (AvgIpc) is 2.60. The first-order valence-corrected chi connectivity index (χ1v) is 8.18. The summed E-state index contributed by atoms with van der Waals surface area (Å²) in [6.45, 7) is 3.10. The van der Waals surface area contributed by atoms with Crippen molar-refractivity contribution < 1.29 is 9.47 Å². The Morgan fingerprint density at radius 2 is 2.27 bits per heavy atom. The summed E-state index contributed by atoms with van der Waals surface area (Å²) in [5.41, 5.74) is 1.33. The molecule has 22 heavy (non-hydrogen) atoms. The number of aryl methyl sites for hydroxylation is 1. The number of fused-ring (bicyclic) bond motifs is 1. The first-order valence-electron chi connectivity index (χ1n) is 8.18. The molecule has 3 heteroatoms. The molecule has 0 bridgehead atoms. The molecule has 1 N–H and O–H groups in total. The second-order valence-corrected chi connectivity index (χ2v) is 6.11. The number of benzene rings is 1. The molecule has 0 amide bonds. The molecule has 1 aromatic rings. The molecule has 1 aliphatic carbocycles. The zero-order valence-corrected chi connectivity index (χ0v) is 13.5. The van der Waals surface area contributed by atoms with Crippen molar-refractivity contribution >= 4 is 0 Å². The summed E-state index contributed by atoms with van der Waals surface area (Å²) in [5, 5.41) is 3.72. The minimum Gasteiger partial charge on any atom is -0.493 e. The summed E-state index contributed by atoms with van der Waals surface area (Å²) in [6.07, 6.45) is 13.2. The summed E-state index contributed by atoms with van der Waals surface area (Å²) >= 11 is 0. The lowest BCUT2D eigenvalue weighted by molar-refractivity contribution is 0.153. The van der Waals surface area contributed by atoms with Gasteiger partial charge in [0.2, 0.25) is 0 Å². The normalized spacial score (nSPS) is 26.4. The molecule has 0 fully saturated rings. The maximum Gasteiger partial charge on any atom is 0.164 e. The Balaban J connectivity index is 1.65. The molecule has 0 spiro atoms. The summed E-state index contributed by atoms with van der Waals surface area (Å²) in [5.74, 6) is 1.76. The highest BCUT2D eigenvalue weighted by atomic mass is 16.5. The lowest BCUT2D eigenvalue weighted by Crippen LogP contribution is -2.48. The first-order chi connectivity index (χ1) is 10.8. The van der Waals surface area contributed by atoms with E-state index in [1.54, 1.807) is 7.11 Å². The molecule has 3 rings (SSSR count). The number of allylic oxidation sites excluding steroid dienone is 2. The van der Waals surface area contributed by atoms with Gasteiger partial charge in [-0.05, 0) is 37.3 Å². The molecule has 3 nitrogen and oxygen atoms in total. The fourth-order valence-corrected chi connectivity index (χ4v) is 3.24. The third-order valence-corrected chi connectivity index (χ3v) is 4.76. The second kappa shape index (κ2) is 6.57. The SMILES string of the molecule is CC[C@@]1(NCC2CCc3cccc(OC)c3O2)C=CC=CC1. The van der Waals surface area contributed by atoms with E-state index >= 15 is 0 Å². The third kappa shape index (κ3) is 3.05. The van der Waals surface area contributed by atoms with E-state index in [0.29, 0.717) is 0 Å². The quantitative estimate of drug-likeness (QED) is 0.900. The maximum atomic E-state index is 6.20. The van der Waals surface area contributed by atoms with Gasteiger partial charge in [-0.2, -0.15) is 0 Å². The van der Waals surface area contributed by atoms with Gasteiger partial charge in [0.15, 0.2) is 11.5 Å². The van der Waals surface area contributed by atoms with Crippen LogP contribution in [0.5, 0.6) is 11.5 Å². The summed E-state index contributed by atoms with van der Waals surface area (Å²) in [4.78, 5) is 0. The zero-order chi connectivity index (χ0) is 15.4. The first kappa shape index (κ1) is 15.2. The fraction of sp³-hybridized carbons (Fsp3) is 0.474. The predicted molar refractivity (Wildman–Crippen MR) is 89.7 cm³/mol. The van der Waals surface area contributed by atoms with Gasteiger partial charge in [0.25, 0.3) is 0 Å². The van der Waals surface area contributed by atoms with Crippen LogP contribution in [0, 0.1) is 0 Å². The highest BCUT2D eigenvalue weighted by Gasteiger charge is 2.28. The standard InChI is InChI=1S/C19H25NO2/c1-3-19(12-5-4-6-13-19)20-14-16-11-10-15-8-7-9-17(21-2)18(15)22-16/h4-9,12,16,20H,3,10-11,13-14H2,1-2H3/t16?,19-/m1/s1. The van der Waals surface area contributed by atoms with E-state index in [1.807, 2.05) is 12.1 Å².